The molecule has 1 aromatic carbocycles. The highest BCUT2D eigenvalue weighted by atomic mass is 16.1. The minimum absolute atomic E-state index is 0.141. The highest BCUT2D eigenvalue weighted by molar-refractivity contribution is 5.92. The van der Waals surface area contributed by atoms with E-state index in [2.05, 4.69) is 15.5 Å². The van der Waals surface area contributed by atoms with E-state index in [0.717, 1.165) is 17.7 Å². The normalized spacial score (nSPS) is 10.1. The van der Waals surface area contributed by atoms with E-state index in [9.17, 15) is 4.79 Å². The molecule has 2 rings (SSSR count). The summed E-state index contributed by atoms with van der Waals surface area (Å²) in [5.41, 5.74) is 7.95. The first-order valence-electron chi connectivity index (χ1n) is 5.38. The fourth-order valence-corrected chi connectivity index (χ4v) is 1.48. The number of nitrogen functional groups attached to an aromatic ring is 1. The number of rotatable bonds is 4. The molecule has 5 nitrogen and oxygen atoms in total. The maximum atomic E-state index is 11.5. The highest BCUT2D eigenvalue weighted by Gasteiger charge is 2.04. The number of anilines is 1. The van der Waals surface area contributed by atoms with Crippen LogP contribution in [0, 0.1) is 0 Å². The highest BCUT2D eigenvalue weighted by Crippen LogP contribution is 2.05. The van der Waals surface area contributed by atoms with E-state index in [4.69, 9.17) is 5.73 Å². The minimum atomic E-state index is -0.141. The molecule has 0 aliphatic rings. The lowest BCUT2D eigenvalue weighted by Crippen LogP contribution is -2.26. The first kappa shape index (κ1) is 11.2. The van der Waals surface area contributed by atoms with Crippen LogP contribution in [-0.4, -0.2) is 22.6 Å². The van der Waals surface area contributed by atoms with Crippen molar-refractivity contribution in [2.45, 2.75) is 6.42 Å². The average molecular weight is 230 g/mol. The number of hydrogen-bond acceptors (Lipinski definition) is 3. The molecule has 0 aliphatic heterocycles. The van der Waals surface area contributed by atoms with Crippen molar-refractivity contribution >= 4 is 11.6 Å². The van der Waals surface area contributed by atoms with Gasteiger partial charge in [0.2, 0.25) is 0 Å². The SMILES string of the molecule is Nc1ccc(CCNC(=O)c2ccn[nH]2)cc1. The van der Waals surface area contributed by atoms with Crippen LogP contribution in [0.25, 0.3) is 0 Å². The lowest BCUT2D eigenvalue weighted by molar-refractivity contribution is 0.0949. The van der Waals surface area contributed by atoms with Gasteiger partial charge in [-0.15, -0.1) is 0 Å². The van der Waals surface area contributed by atoms with E-state index in [-0.39, 0.29) is 5.91 Å². The molecule has 0 bridgehead atoms. The number of carbonyl (C=O) groups is 1. The van der Waals surface area contributed by atoms with Crippen molar-refractivity contribution < 1.29 is 4.79 Å². The van der Waals surface area contributed by atoms with Crippen molar-refractivity contribution in [3.63, 3.8) is 0 Å². The van der Waals surface area contributed by atoms with Gasteiger partial charge in [0.25, 0.3) is 5.91 Å². The smallest absolute Gasteiger partial charge is 0.269 e. The van der Waals surface area contributed by atoms with Crippen LogP contribution in [-0.2, 0) is 6.42 Å². The van der Waals surface area contributed by atoms with E-state index in [0.29, 0.717) is 12.2 Å². The van der Waals surface area contributed by atoms with E-state index in [1.807, 2.05) is 24.3 Å². The van der Waals surface area contributed by atoms with Gasteiger partial charge in [-0.1, -0.05) is 12.1 Å². The minimum Gasteiger partial charge on any atom is -0.399 e. The molecule has 5 heteroatoms. The van der Waals surface area contributed by atoms with Crippen molar-refractivity contribution in [3.8, 4) is 0 Å². The van der Waals surface area contributed by atoms with Crippen molar-refractivity contribution in [2.24, 2.45) is 0 Å². The Labute approximate surface area is 99.0 Å². The molecule has 0 spiro atoms. The van der Waals surface area contributed by atoms with Gasteiger partial charge in [0.1, 0.15) is 5.69 Å². The summed E-state index contributed by atoms with van der Waals surface area (Å²) in [6.45, 7) is 0.585. The monoisotopic (exact) mass is 230 g/mol. The summed E-state index contributed by atoms with van der Waals surface area (Å²) in [6.07, 6.45) is 2.33. The van der Waals surface area contributed by atoms with Crippen LogP contribution in [0.15, 0.2) is 36.5 Å². The standard InChI is InChI=1S/C12H14N4O/c13-10-3-1-9(2-4-10)5-7-14-12(17)11-6-8-15-16-11/h1-4,6,8H,5,7,13H2,(H,14,17)(H,15,16). The number of aromatic nitrogens is 2. The third kappa shape index (κ3) is 3.07. The topological polar surface area (TPSA) is 83.8 Å². The van der Waals surface area contributed by atoms with Crippen LogP contribution >= 0.6 is 0 Å². The molecule has 1 heterocycles. The summed E-state index contributed by atoms with van der Waals surface area (Å²) in [6, 6.07) is 9.26. The maximum Gasteiger partial charge on any atom is 0.269 e. The number of amides is 1. The quantitative estimate of drug-likeness (QED) is 0.684. The van der Waals surface area contributed by atoms with Crippen molar-refractivity contribution in [2.75, 3.05) is 12.3 Å². The number of nitrogens with two attached hydrogens (primary N) is 1. The zero-order valence-corrected chi connectivity index (χ0v) is 9.31. The zero-order chi connectivity index (χ0) is 12.1. The Morgan fingerprint density at radius 3 is 2.71 bits per heavy atom. The maximum absolute atomic E-state index is 11.5. The first-order chi connectivity index (χ1) is 8.25. The number of hydrogen-bond donors (Lipinski definition) is 3. The molecule has 0 radical (unpaired) electrons. The Morgan fingerprint density at radius 2 is 2.06 bits per heavy atom. The summed E-state index contributed by atoms with van der Waals surface area (Å²) in [5, 5.41) is 9.14. The average Bonchev–Trinajstić information content (AvgIpc) is 2.85. The number of nitrogens with one attached hydrogen (secondary N) is 2. The second-order valence-electron chi connectivity index (χ2n) is 3.72. The fraction of sp³-hybridized carbons (Fsp3) is 0.167. The van der Waals surface area contributed by atoms with Crippen LogP contribution in [0.3, 0.4) is 0 Å². The van der Waals surface area contributed by atoms with Crippen LogP contribution in [0.4, 0.5) is 5.69 Å². The van der Waals surface area contributed by atoms with Gasteiger partial charge < -0.3 is 11.1 Å². The molecule has 17 heavy (non-hydrogen) atoms. The summed E-state index contributed by atoms with van der Waals surface area (Å²) < 4.78 is 0. The Bertz CT molecular complexity index is 476. The number of carbonyl (C=O) groups excluding carboxylic acids is 1. The van der Waals surface area contributed by atoms with Crippen LogP contribution in [0.5, 0.6) is 0 Å². The summed E-state index contributed by atoms with van der Waals surface area (Å²) in [7, 11) is 0. The molecule has 2 aromatic rings. The second kappa shape index (κ2) is 5.16. The van der Waals surface area contributed by atoms with Gasteiger partial charge in [-0.3, -0.25) is 9.89 Å². The Kier molecular flexibility index (Phi) is 3.40. The molecular formula is C12H14N4O. The lowest BCUT2D eigenvalue weighted by atomic mass is 10.1. The van der Waals surface area contributed by atoms with Crippen LogP contribution < -0.4 is 11.1 Å². The van der Waals surface area contributed by atoms with Crippen LogP contribution in [0.2, 0.25) is 0 Å². The molecule has 0 unspecified atom stereocenters. The molecule has 4 N–H and O–H groups in total. The van der Waals surface area contributed by atoms with Crippen molar-refractivity contribution in [1.29, 1.82) is 0 Å². The predicted molar refractivity (Wildman–Crippen MR) is 65.5 cm³/mol. The Balaban J connectivity index is 1.80. The molecule has 0 atom stereocenters. The second-order valence-corrected chi connectivity index (χ2v) is 3.72. The van der Waals surface area contributed by atoms with Gasteiger partial charge in [-0.25, -0.2) is 0 Å². The predicted octanol–water partition coefficient (Wildman–Crippen LogP) is 0.964. The third-order valence-corrected chi connectivity index (χ3v) is 2.42. The number of benzene rings is 1. The number of nitrogens with zero attached hydrogens (tertiary/aromatic N) is 1. The van der Waals surface area contributed by atoms with Gasteiger partial charge in [0.15, 0.2) is 0 Å². The summed E-state index contributed by atoms with van der Waals surface area (Å²) >= 11 is 0. The molecule has 0 fully saturated rings. The van der Waals surface area contributed by atoms with Gasteiger partial charge in [-0.2, -0.15) is 5.10 Å². The molecule has 0 saturated heterocycles. The van der Waals surface area contributed by atoms with Crippen molar-refractivity contribution in [1.82, 2.24) is 15.5 Å². The van der Waals surface area contributed by atoms with E-state index >= 15 is 0 Å². The lowest BCUT2D eigenvalue weighted by Gasteiger charge is -2.04. The fourth-order valence-electron chi connectivity index (χ4n) is 1.48. The Hall–Kier alpha value is -2.30. The Morgan fingerprint density at radius 1 is 1.29 bits per heavy atom. The van der Waals surface area contributed by atoms with Gasteiger partial charge in [-0.05, 0) is 30.2 Å². The van der Waals surface area contributed by atoms with E-state index in [1.165, 1.54) is 0 Å². The van der Waals surface area contributed by atoms with Gasteiger partial charge >= 0.3 is 0 Å². The first-order valence-corrected chi connectivity index (χ1v) is 5.38. The van der Waals surface area contributed by atoms with Gasteiger partial charge in [0, 0.05) is 18.4 Å². The summed E-state index contributed by atoms with van der Waals surface area (Å²) in [4.78, 5) is 11.5. The van der Waals surface area contributed by atoms with Gasteiger partial charge in [0.05, 0.1) is 0 Å². The molecule has 1 aromatic heterocycles. The largest absolute Gasteiger partial charge is 0.399 e. The van der Waals surface area contributed by atoms with E-state index < -0.39 is 0 Å². The zero-order valence-electron chi connectivity index (χ0n) is 9.31. The summed E-state index contributed by atoms with van der Waals surface area (Å²) in [5.74, 6) is -0.141. The van der Waals surface area contributed by atoms with Crippen molar-refractivity contribution in [3.05, 3.63) is 47.8 Å². The molecule has 0 saturated carbocycles. The third-order valence-electron chi connectivity index (χ3n) is 2.42. The molecule has 0 aliphatic carbocycles. The number of aromatic amines is 1. The molecule has 1 amide bonds. The molecular weight excluding hydrogens is 216 g/mol. The van der Waals surface area contributed by atoms with E-state index in [1.54, 1.807) is 12.3 Å². The number of H-pyrrole nitrogens is 1. The molecule has 88 valence electrons. The van der Waals surface area contributed by atoms with Crippen LogP contribution in [0.1, 0.15) is 16.1 Å².